The molecule has 3 aromatic rings. The predicted octanol–water partition coefficient (Wildman–Crippen LogP) is 4.37. The fourth-order valence-electron chi connectivity index (χ4n) is 4.28. The van der Waals surface area contributed by atoms with Gasteiger partial charge in [-0.15, -0.1) is 0 Å². The highest BCUT2D eigenvalue weighted by Crippen LogP contribution is 2.39. The van der Waals surface area contributed by atoms with Gasteiger partial charge >= 0.3 is 0 Å². The summed E-state index contributed by atoms with van der Waals surface area (Å²) in [6, 6.07) is 22.4. The van der Waals surface area contributed by atoms with Crippen LogP contribution in [-0.4, -0.2) is 39.9 Å². The molecule has 0 atom stereocenters. The van der Waals surface area contributed by atoms with E-state index in [1.54, 1.807) is 12.1 Å². The number of hydrogen-bond donors (Lipinski definition) is 3. The van der Waals surface area contributed by atoms with Crippen molar-refractivity contribution in [1.82, 2.24) is 9.62 Å². The van der Waals surface area contributed by atoms with Crippen molar-refractivity contribution in [2.75, 3.05) is 31.3 Å². The van der Waals surface area contributed by atoms with Crippen LogP contribution >= 0.6 is 0 Å². The molecule has 0 radical (unpaired) electrons. The third kappa shape index (κ3) is 5.36. The van der Waals surface area contributed by atoms with Crippen molar-refractivity contribution < 1.29 is 13.2 Å². The van der Waals surface area contributed by atoms with E-state index >= 15 is 0 Å². The van der Waals surface area contributed by atoms with Gasteiger partial charge in [0.25, 0.3) is 5.91 Å². The van der Waals surface area contributed by atoms with Crippen LogP contribution in [0.5, 0.6) is 0 Å². The van der Waals surface area contributed by atoms with Gasteiger partial charge in [0.2, 0.25) is 10.0 Å². The summed E-state index contributed by atoms with van der Waals surface area (Å²) in [6.07, 6.45) is 2.11. The van der Waals surface area contributed by atoms with Crippen molar-refractivity contribution in [2.45, 2.75) is 24.3 Å². The monoisotopic (exact) mass is 502 g/mol. The number of carbonyl (C=O) groups excluding carboxylic acids is 1. The molecule has 3 aromatic carbocycles. The lowest BCUT2D eigenvalue weighted by molar-refractivity contribution is -0.110. The summed E-state index contributed by atoms with van der Waals surface area (Å²) < 4.78 is 28.6. The number of amides is 1. The fourth-order valence-corrected chi connectivity index (χ4v) is 5.42. The van der Waals surface area contributed by atoms with E-state index in [0.717, 1.165) is 30.6 Å². The van der Waals surface area contributed by atoms with Gasteiger partial charge in [-0.3, -0.25) is 4.79 Å². The quantitative estimate of drug-likeness (QED) is 0.378. The summed E-state index contributed by atoms with van der Waals surface area (Å²) in [5.74, 6) is 0.145. The average Bonchev–Trinajstić information content (AvgIpc) is 3.64. The van der Waals surface area contributed by atoms with Gasteiger partial charge in [0, 0.05) is 30.0 Å². The van der Waals surface area contributed by atoms with Crippen molar-refractivity contribution in [2.24, 2.45) is 5.92 Å². The van der Waals surface area contributed by atoms with Crippen LogP contribution in [0.4, 0.5) is 11.4 Å². The minimum Gasteiger partial charge on any atom is -0.354 e. The molecule has 3 N–H and O–H groups in total. The van der Waals surface area contributed by atoms with Gasteiger partial charge in [-0.05, 0) is 74.3 Å². The Kier molecular flexibility index (Phi) is 6.66. The number of sulfonamides is 1. The van der Waals surface area contributed by atoms with Crippen LogP contribution in [0.15, 0.2) is 77.7 Å². The number of nitrogens with one attached hydrogen (secondary N) is 3. The second-order valence-electron chi connectivity index (χ2n) is 9.63. The number of carbonyl (C=O) groups is 1. The first kappa shape index (κ1) is 24.2. The van der Waals surface area contributed by atoms with E-state index in [1.165, 1.54) is 11.6 Å². The molecule has 8 heteroatoms. The molecule has 1 fully saturated rings. The third-order valence-corrected chi connectivity index (χ3v) is 7.76. The Hall–Kier alpha value is -3.46. The number of fused-ring (bicyclic) bond motifs is 1. The number of hydrogen-bond acceptors (Lipinski definition) is 5. The smallest absolute Gasteiger partial charge is 0.258 e. The first-order valence-electron chi connectivity index (χ1n) is 12.1. The fraction of sp³-hybridized carbons (Fsp3) is 0.250. The zero-order valence-electron chi connectivity index (χ0n) is 20.4. The van der Waals surface area contributed by atoms with Gasteiger partial charge in [-0.2, -0.15) is 0 Å². The summed E-state index contributed by atoms with van der Waals surface area (Å²) in [5.41, 5.74) is 5.02. The Balaban J connectivity index is 1.56. The molecule has 5 rings (SSSR count). The van der Waals surface area contributed by atoms with Crippen LogP contribution in [0.1, 0.15) is 29.5 Å². The summed E-state index contributed by atoms with van der Waals surface area (Å²) in [6.45, 7) is 1.27. The molecule has 0 saturated heterocycles. The van der Waals surface area contributed by atoms with Crippen LogP contribution < -0.4 is 15.4 Å². The Morgan fingerprint density at radius 2 is 1.72 bits per heavy atom. The maximum atomic E-state index is 13.2. The zero-order chi connectivity index (χ0) is 25.3. The first-order chi connectivity index (χ1) is 17.3. The summed E-state index contributed by atoms with van der Waals surface area (Å²) in [4.78, 5) is 15.5. The number of anilines is 2. The lowest BCUT2D eigenvalue weighted by Crippen LogP contribution is -2.25. The minimum absolute atomic E-state index is 0.149. The Morgan fingerprint density at radius 1 is 1.00 bits per heavy atom. The number of rotatable bonds is 9. The van der Waals surface area contributed by atoms with Crippen LogP contribution in [0.2, 0.25) is 0 Å². The molecule has 0 bridgehead atoms. The molecule has 0 spiro atoms. The molecule has 36 heavy (non-hydrogen) atoms. The van der Waals surface area contributed by atoms with Crippen LogP contribution in [0.25, 0.3) is 11.3 Å². The van der Waals surface area contributed by atoms with Gasteiger partial charge in [-0.25, -0.2) is 13.1 Å². The van der Waals surface area contributed by atoms with E-state index in [1.807, 2.05) is 56.6 Å². The maximum Gasteiger partial charge on any atom is 0.258 e. The standard InChI is InChI=1S/C28H30N4O3S/c1-32(2)18-20-10-12-22(13-11-20)30-27(21-6-4-3-5-7-21)26-24-16-23(14-15-25(24)31-28(26)33)36(34,35)29-17-19-8-9-19/h3-7,10-16,19,29-30H,8-9,17-18H2,1-2H3,(H,31,33)/b27-26-. The van der Waals surface area contributed by atoms with Gasteiger partial charge in [0.1, 0.15) is 0 Å². The van der Waals surface area contributed by atoms with Gasteiger partial charge in [0.05, 0.1) is 16.2 Å². The van der Waals surface area contributed by atoms with Crippen molar-refractivity contribution in [3.8, 4) is 0 Å². The van der Waals surface area contributed by atoms with Crippen molar-refractivity contribution in [3.63, 3.8) is 0 Å². The summed E-state index contributed by atoms with van der Waals surface area (Å²) >= 11 is 0. The van der Waals surface area contributed by atoms with E-state index in [2.05, 4.69) is 32.4 Å². The number of benzene rings is 3. The molecule has 1 amide bonds. The largest absolute Gasteiger partial charge is 0.354 e. The lowest BCUT2D eigenvalue weighted by Gasteiger charge is -2.16. The number of nitrogens with zero attached hydrogens (tertiary/aromatic N) is 1. The van der Waals surface area contributed by atoms with Crippen LogP contribution in [0.3, 0.4) is 0 Å². The SMILES string of the molecule is CN(C)Cc1ccc(N/C(=C2\C(=O)Nc3ccc(S(=O)(=O)NCC4CC4)cc32)c2ccccc2)cc1. The Bertz CT molecular complexity index is 1410. The minimum atomic E-state index is -3.68. The molecule has 1 heterocycles. The van der Waals surface area contributed by atoms with E-state index in [4.69, 9.17) is 0 Å². The molecule has 186 valence electrons. The first-order valence-corrected chi connectivity index (χ1v) is 13.5. The van der Waals surface area contributed by atoms with Gasteiger partial charge < -0.3 is 15.5 Å². The molecular weight excluding hydrogens is 472 g/mol. The molecular formula is C28H30N4O3S. The molecule has 0 unspecified atom stereocenters. The second-order valence-corrected chi connectivity index (χ2v) is 11.4. The molecule has 1 aliphatic carbocycles. The Labute approximate surface area is 212 Å². The Morgan fingerprint density at radius 3 is 2.39 bits per heavy atom. The highest BCUT2D eigenvalue weighted by Gasteiger charge is 2.31. The normalized spacial score (nSPS) is 16.6. The summed E-state index contributed by atoms with van der Waals surface area (Å²) in [5, 5.41) is 6.33. The van der Waals surface area contributed by atoms with Crippen molar-refractivity contribution in [3.05, 3.63) is 89.5 Å². The summed E-state index contributed by atoms with van der Waals surface area (Å²) in [7, 11) is 0.370. The van der Waals surface area contributed by atoms with Gasteiger partial charge in [-0.1, -0.05) is 42.5 Å². The molecule has 1 saturated carbocycles. The van der Waals surface area contributed by atoms with Crippen molar-refractivity contribution in [1.29, 1.82) is 0 Å². The molecule has 1 aliphatic heterocycles. The van der Waals surface area contributed by atoms with Crippen molar-refractivity contribution >= 4 is 38.6 Å². The molecule has 2 aliphatic rings. The third-order valence-electron chi connectivity index (χ3n) is 6.34. The topological polar surface area (TPSA) is 90.5 Å². The molecule has 0 aromatic heterocycles. The van der Waals surface area contributed by atoms with Crippen LogP contribution in [-0.2, 0) is 21.4 Å². The zero-order valence-corrected chi connectivity index (χ0v) is 21.2. The van der Waals surface area contributed by atoms with E-state index in [-0.39, 0.29) is 10.8 Å². The predicted molar refractivity (Wildman–Crippen MR) is 144 cm³/mol. The highest BCUT2D eigenvalue weighted by atomic mass is 32.2. The average molecular weight is 503 g/mol. The van der Waals surface area contributed by atoms with E-state index < -0.39 is 10.0 Å². The van der Waals surface area contributed by atoms with E-state index in [0.29, 0.717) is 35.0 Å². The molecule has 7 nitrogen and oxygen atoms in total. The van der Waals surface area contributed by atoms with Gasteiger partial charge in [0.15, 0.2) is 0 Å². The highest BCUT2D eigenvalue weighted by molar-refractivity contribution is 7.89. The van der Waals surface area contributed by atoms with E-state index in [9.17, 15) is 13.2 Å². The maximum absolute atomic E-state index is 13.2. The van der Waals surface area contributed by atoms with Crippen LogP contribution in [0, 0.1) is 5.92 Å². The second kappa shape index (κ2) is 9.89. The lowest BCUT2D eigenvalue weighted by atomic mass is 10.00.